The minimum absolute atomic E-state index is 0.0853. The first-order chi connectivity index (χ1) is 12.0. The van der Waals surface area contributed by atoms with Crippen molar-refractivity contribution in [1.82, 2.24) is 0 Å². The third-order valence-corrected chi connectivity index (χ3v) is 3.51. The summed E-state index contributed by atoms with van der Waals surface area (Å²) in [6, 6.07) is 14.5. The molecular weight excluding hydrogens is 320 g/mol. The van der Waals surface area contributed by atoms with E-state index in [1.54, 1.807) is 43.5 Å². The maximum absolute atomic E-state index is 11.9. The number of anilines is 2. The maximum atomic E-state index is 11.9. The van der Waals surface area contributed by atoms with Crippen LogP contribution in [0.25, 0.3) is 0 Å². The second kappa shape index (κ2) is 8.73. The van der Waals surface area contributed by atoms with Gasteiger partial charge in [-0.1, -0.05) is 12.1 Å². The molecule has 2 aromatic carbocycles. The van der Waals surface area contributed by atoms with E-state index < -0.39 is 5.97 Å². The van der Waals surface area contributed by atoms with Crippen molar-refractivity contribution >= 4 is 23.3 Å². The Kier molecular flexibility index (Phi) is 6.39. The van der Waals surface area contributed by atoms with Crippen molar-refractivity contribution in [1.29, 1.82) is 0 Å². The summed E-state index contributed by atoms with van der Waals surface area (Å²) in [7, 11) is 5.44. The van der Waals surface area contributed by atoms with Gasteiger partial charge in [-0.3, -0.25) is 9.59 Å². The summed E-state index contributed by atoms with van der Waals surface area (Å²) in [4.78, 5) is 25.7. The molecule has 0 bridgehead atoms. The van der Waals surface area contributed by atoms with Gasteiger partial charge in [-0.05, 0) is 42.0 Å². The molecule has 0 aliphatic rings. The lowest BCUT2D eigenvalue weighted by Gasteiger charge is -2.13. The first kappa shape index (κ1) is 18.3. The molecule has 0 saturated carbocycles. The second-order valence-electron chi connectivity index (χ2n) is 5.68. The predicted molar refractivity (Wildman–Crippen MR) is 97.1 cm³/mol. The Balaban J connectivity index is 1.79. The summed E-state index contributed by atoms with van der Waals surface area (Å²) < 4.78 is 10.1. The molecule has 0 saturated heterocycles. The number of rotatable bonds is 7. The molecule has 132 valence electrons. The summed E-state index contributed by atoms with van der Waals surface area (Å²) >= 11 is 0. The number of benzene rings is 2. The summed E-state index contributed by atoms with van der Waals surface area (Å²) in [6.07, 6.45) is 0.0853. The van der Waals surface area contributed by atoms with Gasteiger partial charge in [0.2, 0.25) is 0 Å². The van der Waals surface area contributed by atoms with Crippen molar-refractivity contribution in [3.05, 3.63) is 54.1 Å². The summed E-state index contributed by atoms with van der Waals surface area (Å²) in [5.41, 5.74) is 2.45. The fraction of sp³-hybridized carbons (Fsp3) is 0.263. The molecule has 0 unspecified atom stereocenters. The van der Waals surface area contributed by atoms with E-state index in [-0.39, 0.29) is 18.9 Å². The Morgan fingerprint density at radius 1 is 1.08 bits per heavy atom. The molecule has 2 aromatic rings. The van der Waals surface area contributed by atoms with E-state index >= 15 is 0 Å². The molecule has 6 heteroatoms. The normalized spacial score (nSPS) is 10.0. The van der Waals surface area contributed by atoms with Crippen molar-refractivity contribution in [2.24, 2.45) is 0 Å². The van der Waals surface area contributed by atoms with Crippen LogP contribution in [-0.2, 0) is 20.7 Å². The topological polar surface area (TPSA) is 67.9 Å². The van der Waals surface area contributed by atoms with Gasteiger partial charge in [0.25, 0.3) is 5.91 Å². The van der Waals surface area contributed by atoms with Crippen LogP contribution in [0.5, 0.6) is 5.75 Å². The van der Waals surface area contributed by atoms with Gasteiger partial charge in [0.05, 0.1) is 13.5 Å². The van der Waals surface area contributed by atoms with E-state index in [0.717, 1.165) is 11.3 Å². The van der Waals surface area contributed by atoms with Gasteiger partial charge in [0.15, 0.2) is 6.61 Å². The van der Waals surface area contributed by atoms with E-state index in [1.807, 2.05) is 31.1 Å². The van der Waals surface area contributed by atoms with Crippen molar-refractivity contribution in [2.45, 2.75) is 6.42 Å². The van der Waals surface area contributed by atoms with Crippen LogP contribution in [0.15, 0.2) is 48.5 Å². The number of amides is 1. The van der Waals surface area contributed by atoms with Crippen molar-refractivity contribution in [3.63, 3.8) is 0 Å². The zero-order chi connectivity index (χ0) is 18.2. The van der Waals surface area contributed by atoms with E-state index in [1.165, 1.54) is 0 Å². The van der Waals surface area contributed by atoms with Crippen LogP contribution in [0.4, 0.5) is 11.4 Å². The Morgan fingerprint density at radius 2 is 1.80 bits per heavy atom. The quantitative estimate of drug-likeness (QED) is 0.783. The minimum Gasteiger partial charge on any atom is -0.497 e. The van der Waals surface area contributed by atoms with Gasteiger partial charge in [-0.15, -0.1) is 0 Å². The van der Waals surface area contributed by atoms with Gasteiger partial charge in [-0.2, -0.15) is 0 Å². The first-order valence-electron chi connectivity index (χ1n) is 7.83. The Hall–Kier alpha value is -3.02. The third kappa shape index (κ3) is 5.84. The fourth-order valence-electron chi connectivity index (χ4n) is 2.19. The SMILES string of the molecule is COc1cccc(CC(=O)OCC(=O)Nc2ccc(N(C)C)cc2)c1. The van der Waals surface area contributed by atoms with E-state index in [9.17, 15) is 9.59 Å². The van der Waals surface area contributed by atoms with Gasteiger partial charge in [-0.25, -0.2) is 0 Å². The molecular formula is C19H22N2O4. The summed E-state index contributed by atoms with van der Waals surface area (Å²) in [6.45, 7) is -0.321. The number of hydrogen-bond acceptors (Lipinski definition) is 5. The molecule has 0 aromatic heterocycles. The highest BCUT2D eigenvalue weighted by atomic mass is 16.5. The Morgan fingerprint density at radius 3 is 2.44 bits per heavy atom. The van der Waals surface area contributed by atoms with Crippen molar-refractivity contribution in [3.8, 4) is 5.75 Å². The van der Waals surface area contributed by atoms with Crippen LogP contribution in [-0.4, -0.2) is 39.7 Å². The van der Waals surface area contributed by atoms with Gasteiger partial charge in [0, 0.05) is 25.5 Å². The predicted octanol–water partition coefficient (Wildman–Crippen LogP) is 2.49. The van der Waals surface area contributed by atoms with Crippen LogP contribution >= 0.6 is 0 Å². The molecule has 0 heterocycles. The molecule has 0 atom stereocenters. The number of nitrogens with zero attached hydrogens (tertiary/aromatic N) is 1. The molecule has 0 spiro atoms. The molecule has 2 rings (SSSR count). The number of methoxy groups -OCH3 is 1. The lowest BCUT2D eigenvalue weighted by molar-refractivity contribution is -0.146. The zero-order valence-corrected chi connectivity index (χ0v) is 14.6. The zero-order valence-electron chi connectivity index (χ0n) is 14.6. The number of ether oxygens (including phenoxy) is 2. The van der Waals surface area contributed by atoms with Crippen molar-refractivity contribution < 1.29 is 19.1 Å². The highest BCUT2D eigenvalue weighted by Crippen LogP contribution is 2.16. The Bertz CT molecular complexity index is 726. The number of carbonyl (C=O) groups is 2. The molecule has 1 N–H and O–H groups in total. The van der Waals surface area contributed by atoms with Crippen LogP contribution in [0.1, 0.15) is 5.56 Å². The minimum atomic E-state index is -0.466. The van der Waals surface area contributed by atoms with E-state index in [4.69, 9.17) is 9.47 Å². The number of nitrogens with one attached hydrogen (secondary N) is 1. The molecule has 0 fully saturated rings. The van der Waals surface area contributed by atoms with Gasteiger partial charge < -0.3 is 19.7 Å². The summed E-state index contributed by atoms with van der Waals surface area (Å²) in [5.74, 6) is -0.174. The fourth-order valence-corrected chi connectivity index (χ4v) is 2.19. The second-order valence-corrected chi connectivity index (χ2v) is 5.68. The summed E-state index contributed by atoms with van der Waals surface area (Å²) in [5, 5.41) is 2.69. The highest BCUT2D eigenvalue weighted by Gasteiger charge is 2.09. The van der Waals surface area contributed by atoms with Crippen LogP contribution < -0.4 is 15.0 Å². The molecule has 25 heavy (non-hydrogen) atoms. The molecule has 0 aliphatic carbocycles. The van der Waals surface area contributed by atoms with E-state index in [0.29, 0.717) is 11.4 Å². The van der Waals surface area contributed by atoms with Gasteiger partial charge in [0.1, 0.15) is 5.75 Å². The van der Waals surface area contributed by atoms with Crippen LogP contribution in [0, 0.1) is 0 Å². The standard InChI is InChI=1S/C19H22N2O4/c1-21(2)16-9-7-15(8-10-16)20-18(22)13-25-19(23)12-14-5-4-6-17(11-14)24-3/h4-11H,12-13H2,1-3H3,(H,20,22). The lowest BCUT2D eigenvalue weighted by Crippen LogP contribution is -2.21. The molecule has 6 nitrogen and oxygen atoms in total. The first-order valence-corrected chi connectivity index (χ1v) is 7.83. The Labute approximate surface area is 147 Å². The largest absolute Gasteiger partial charge is 0.497 e. The maximum Gasteiger partial charge on any atom is 0.310 e. The molecule has 0 aliphatic heterocycles. The highest BCUT2D eigenvalue weighted by molar-refractivity contribution is 5.93. The molecule has 1 amide bonds. The number of hydrogen-bond donors (Lipinski definition) is 1. The van der Waals surface area contributed by atoms with Crippen LogP contribution in [0.3, 0.4) is 0 Å². The van der Waals surface area contributed by atoms with E-state index in [2.05, 4.69) is 5.32 Å². The smallest absolute Gasteiger partial charge is 0.310 e. The monoisotopic (exact) mass is 342 g/mol. The van der Waals surface area contributed by atoms with Crippen molar-refractivity contribution in [2.75, 3.05) is 38.0 Å². The number of esters is 1. The molecule has 0 radical (unpaired) electrons. The third-order valence-electron chi connectivity index (χ3n) is 3.51. The number of carbonyl (C=O) groups excluding carboxylic acids is 2. The van der Waals surface area contributed by atoms with Crippen LogP contribution in [0.2, 0.25) is 0 Å². The average Bonchev–Trinajstić information content (AvgIpc) is 2.60. The average molecular weight is 342 g/mol. The van der Waals surface area contributed by atoms with Gasteiger partial charge >= 0.3 is 5.97 Å². The lowest BCUT2D eigenvalue weighted by atomic mass is 10.1.